The molecule has 0 radical (unpaired) electrons. The lowest BCUT2D eigenvalue weighted by atomic mass is 10.2. The van der Waals surface area contributed by atoms with Crippen molar-refractivity contribution in [3.05, 3.63) is 30.9 Å². The van der Waals surface area contributed by atoms with Crippen LogP contribution in [0.2, 0.25) is 0 Å². The van der Waals surface area contributed by atoms with Crippen LogP contribution in [0, 0.1) is 0 Å². The van der Waals surface area contributed by atoms with E-state index >= 15 is 0 Å². The second-order valence-electron chi connectivity index (χ2n) is 5.25. The Balaban J connectivity index is 1.78. The molecule has 1 fully saturated rings. The number of hydrogen-bond acceptors (Lipinski definition) is 5. The van der Waals surface area contributed by atoms with Gasteiger partial charge in [0.05, 0.1) is 37.5 Å². The van der Waals surface area contributed by atoms with Crippen LogP contribution in [0.15, 0.2) is 30.9 Å². The molecular formula is C15H21N5O. The molecule has 2 aromatic heterocycles. The van der Waals surface area contributed by atoms with E-state index in [2.05, 4.69) is 26.4 Å². The second-order valence-corrected chi connectivity index (χ2v) is 5.25. The Bertz CT molecular complexity index is 597. The highest BCUT2D eigenvalue weighted by molar-refractivity contribution is 5.70. The number of pyridine rings is 1. The van der Waals surface area contributed by atoms with Crippen LogP contribution in [0.1, 0.15) is 6.92 Å². The molecule has 0 spiro atoms. The van der Waals surface area contributed by atoms with Crippen molar-refractivity contribution < 1.29 is 4.74 Å². The standard InChI is InChI=1S/C15H21N5O/c1-2-19-6-7-21-12(9-19)10-20-11-17-8-14(20)13-4-3-5-18-15(13)16/h3-5,8,11-12H,2,6-7,9-10H2,1H3,(H2,16,18). The first-order valence-electron chi connectivity index (χ1n) is 7.33. The van der Waals surface area contributed by atoms with Gasteiger partial charge in [0.25, 0.3) is 0 Å². The van der Waals surface area contributed by atoms with Crippen LogP contribution in [-0.2, 0) is 11.3 Å². The van der Waals surface area contributed by atoms with Crippen LogP contribution >= 0.6 is 0 Å². The van der Waals surface area contributed by atoms with E-state index < -0.39 is 0 Å². The van der Waals surface area contributed by atoms with Crippen molar-refractivity contribution in [3.63, 3.8) is 0 Å². The number of likely N-dealkylation sites (N-methyl/N-ethyl adjacent to an activating group) is 1. The molecule has 1 aliphatic heterocycles. The molecule has 112 valence electrons. The normalized spacial score (nSPS) is 19.8. The lowest BCUT2D eigenvalue weighted by Crippen LogP contribution is -2.43. The summed E-state index contributed by atoms with van der Waals surface area (Å²) in [6, 6.07) is 3.86. The van der Waals surface area contributed by atoms with Gasteiger partial charge < -0.3 is 15.0 Å². The van der Waals surface area contributed by atoms with Gasteiger partial charge in [-0.1, -0.05) is 6.92 Å². The van der Waals surface area contributed by atoms with Crippen molar-refractivity contribution >= 4 is 5.82 Å². The van der Waals surface area contributed by atoms with Crippen molar-refractivity contribution in [3.8, 4) is 11.3 Å². The van der Waals surface area contributed by atoms with Gasteiger partial charge in [0.2, 0.25) is 0 Å². The molecule has 3 rings (SSSR count). The Morgan fingerprint density at radius 2 is 2.38 bits per heavy atom. The van der Waals surface area contributed by atoms with Crippen LogP contribution in [0.3, 0.4) is 0 Å². The Hall–Kier alpha value is -1.92. The van der Waals surface area contributed by atoms with Gasteiger partial charge in [0, 0.05) is 24.8 Å². The zero-order valence-corrected chi connectivity index (χ0v) is 12.3. The molecule has 21 heavy (non-hydrogen) atoms. The average molecular weight is 287 g/mol. The van der Waals surface area contributed by atoms with Crippen molar-refractivity contribution in [2.75, 3.05) is 32.0 Å². The Labute approximate surface area is 124 Å². The third-order valence-corrected chi connectivity index (χ3v) is 3.90. The molecule has 0 amide bonds. The molecule has 2 N–H and O–H groups in total. The van der Waals surface area contributed by atoms with E-state index in [1.807, 2.05) is 24.7 Å². The smallest absolute Gasteiger partial charge is 0.132 e. The first-order chi connectivity index (χ1) is 10.3. The highest BCUT2D eigenvalue weighted by Crippen LogP contribution is 2.24. The summed E-state index contributed by atoms with van der Waals surface area (Å²) in [5, 5.41) is 0. The highest BCUT2D eigenvalue weighted by Gasteiger charge is 2.21. The molecule has 6 heteroatoms. The van der Waals surface area contributed by atoms with Gasteiger partial charge in [-0.05, 0) is 18.7 Å². The Kier molecular flexibility index (Phi) is 4.17. The van der Waals surface area contributed by atoms with Gasteiger partial charge in [-0.25, -0.2) is 9.97 Å². The predicted octanol–water partition coefficient (Wildman–Crippen LogP) is 1.25. The summed E-state index contributed by atoms with van der Waals surface area (Å²) in [5.74, 6) is 0.527. The minimum atomic E-state index is 0.185. The Morgan fingerprint density at radius 1 is 1.48 bits per heavy atom. The molecule has 2 aromatic rings. The number of morpholine rings is 1. The zero-order chi connectivity index (χ0) is 14.7. The molecule has 1 aliphatic rings. The lowest BCUT2D eigenvalue weighted by Gasteiger charge is -2.32. The summed E-state index contributed by atoms with van der Waals surface area (Å²) in [6.45, 7) is 6.78. The molecule has 1 unspecified atom stereocenters. The maximum Gasteiger partial charge on any atom is 0.132 e. The van der Waals surface area contributed by atoms with E-state index in [-0.39, 0.29) is 6.10 Å². The zero-order valence-electron chi connectivity index (χ0n) is 12.3. The fourth-order valence-corrected chi connectivity index (χ4v) is 2.72. The fraction of sp³-hybridized carbons (Fsp3) is 0.467. The first-order valence-corrected chi connectivity index (χ1v) is 7.33. The molecule has 0 aromatic carbocycles. The molecule has 0 aliphatic carbocycles. The van der Waals surface area contributed by atoms with E-state index in [0.717, 1.165) is 44.0 Å². The van der Waals surface area contributed by atoms with E-state index in [0.29, 0.717) is 5.82 Å². The van der Waals surface area contributed by atoms with Gasteiger partial charge in [0.15, 0.2) is 0 Å². The van der Waals surface area contributed by atoms with E-state index in [9.17, 15) is 0 Å². The second kappa shape index (κ2) is 6.24. The number of ether oxygens (including phenoxy) is 1. The summed E-state index contributed by atoms with van der Waals surface area (Å²) in [7, 11) is 0. The maximum absolute atomic E-state index is 5.97. The summed E-state index contributed by atoms with van der Waals surface area (Å²) < 4.78 is 7.96. The van der Waals surface area contributed by atoms with Gasteiger partial charge >= 0.3 is 0 Å². The maximum atomic E-state index is 5.97. The number of anilines is 1. The first kappa shape index (κ1) is 14.0. The van der Waals surface area contributed by atoms with Crippen molar-refractivity contribution in [2.45, 2.75) is 19.6 Å². The number of rotatable bonds is 4. The molecule has 1 saturated heterocycles. The SMILES string of the molecule is CCN1CCOC(Cn2cncc2-c2cccnc2N)C1. The third-order valence-electron chi connectivity index (χ3n) is 3.90. The van der Waals surface area contributed by atoms with Crippen LogP contribution in [0.4, 0.5) is 5.82 Å². The molecule has 0 saturated carbocycles. The van der Waals surface area contributed by atoms with Crippen molar-refractivity contribution in [1.29, 1.82) is 0 Å². The average Bonchev–Trinajstić information content (AvgIpc) is 2.96. The lowest BCUT2D eigenvalue weighted by molar-refractivity contribution is -0.0341. The summed E-state index contributed by atoms with van der Waals surface area (Å²) in [4.78, 5) is 10.8. The molecule has 6 nitrogen and oxygen atoms in total. The third kappa shape index (κ3) is 3.06. The fourth-order valence-electron chi connectivity index (χ4n) is 2.72. The van der Waals surface area contributed by atoms with Gasteiger partial charge in [-0.15, -0.1) is 0 Å². The molecule has 3 heterocycles. The number of nitrogens with two attached hydrogens (primary N) is 1. The van der Waals surface area contributed by atoms with Crippen molar-refractivity contribution in [2.24, 2.45) is 0 Å². The molecular weight excluding hydrogens is 266 g/mol. The minimum Gasteiger partial charge on any atom is -0.383 e. The Morgan fingerprint density at radius 3 is 3.19 bits per heavy atom. The summed E-state index contributed by atoms with van der Waals surface area (Å²) in [6.07, 6.45) is 5.54. The summed E-state index contributed by atoms with van der Waals surface area (Å²) in [5.41, 5.74) is 7.86. The van der Waals surface area contributed by atoms with Crippen LogP contribution in [0.5, 0.6) is 0 Å². The van der Waals surface area contributed by atoms with E-state index in [1.54, 1.807) is 6.20 Å². The monoisotopic (exact) mass is 287 g/mol. The number of nitrogens with zero attached hydrogens (tertiary/aromatic N) is 4. The number of nitrogen functional groups attached to an aromatic ring is 1. The quantitative estimate of drug-likeness (QED) is 0.916. The van der Waals surface area contributed by atoms with Crippen LogP contribution < -0.4 is 5.73 Å². The van der Waals surface area contributed by atoms with E-state index in [1.165, 1.54) is 0 Å². The number of imidazole rings is 1. The van der Waals surface area contributed by atoms with Crippen LogP contribution in [0.25, 0.3) is 11.3 Å². The number of aromatic nitrogens is 3. The van der Waals surface area contributed by atoms with E-state index in [4.69, 9.17) is 10.5 Å². The minimum absolute atomic E-state index is 0.185. The molecule has 1 atom stereocenters. The van der Waals surface area contributed by atoms with Gasteiger partial charge in [-0.2, -0.15) is 0 Å². The number of hydrogen-bond donors (Lipinski definition) is 1. The van der Waals surface area contributed by atoms with Gasteiger partial charge in [0.1, 0.15) is 5.82 Å². The topological polar surface area (TPSA) is 69.2 Å². The van der Waals surface area contributed by atoms with Gasteiger partial charge in [-0.3, -0.25) is 4.90 Å². The largest absolute Gasteiger partial charge is 0.383 e. The summed E-state index contributed by atoms with van der Waals surface area (Å²) >= 11 is 0. The van der Waals surface area contributed by atoms with Crippen LogP contribution in [-0.4, -0.2) is 51.8 Å². The highest BCUT2D eigenvalue weighted by atomic mass is 16.5. The van der Waals surface area contributed by atoms with Crippen molar-refractivity contribution in [1.82, 2.24) is 19.4 Å². The molecule has 0 bridgehead atoms. The predicted molar refractivity (Wildman–Crippen MR) is 81.7 cm³/mol.